The minimum Gasteiger partial charge on any atom is -0.477 e. The van der Waals surface area contributed by atoms with Crippen LogP contribution in [0.4, 0.5) is 70.4 Å². The van der Waals surface area contributed by atoms with Gasteiger partial charge in [-0.2, -0.15) is 62.7 Å². The molecule has 0 aliphatic rings. The van der Waals surface area contributed by atoms with Crippen molar-refractivity contribution in [2.24, 2.45) is 5.73 Å². The Morgan fingerprint density at radius 3 is 1.38 bits per heavy atom. The summed E-state index contributed by atoms with van der Waals surface area (Å²) in [6, 6.07) is 25.4. The van der Waals surface area contributed by atoms with E-state index in [4.69, 9.17) is 49.6 Å². The zero-order valence-electron chi connectivity index (χ0n) is 55.8. The summed E-state index contributed by atoms with van der Waals surface area (Å²) in [5.41, 5.74) is 12.8. The molecule has 106 heavy (non-hydrogen) atoms. The lowest BCUT2D eigenvalue weighted by Crippen LogP contribution is -2.22. The molecular weight excluding hydrogens is 1430 g/mol. The summed E-state index contributed by atoms with van der Waals surface area (Å²) in [7, 11) is 1.27. The average molecular weight is 1490 g/mol. The SMILES string of the molecule is COC(=O)c1ccc(Cc2nc(C)c(-c3ccc(C(F)(F)F)cc3)o2)cn1.Cc1nc(N)oc1-c1ccc(C(F)(F)F)cc1.Cc1nc(Nc2ccc(C(=O)O)nc2)oc1-c1ccc(C(F)(F)F)cc1.NC[C@@H](O)CO.O=C(CC[C@@H](O)CO)c1ccc(Cc2ncc(-c3ccc(C(F)(F)F)cn3)o2)cn1. The molecule has 0 saturated heterocycles. The number of methoxy groups -OCH3 is 1. The Morgan fingerprint density at radius 2 is 0.962 bits per heavy atom. The van der Waals surface area contributed by atoms with E-state index in [9.17, 15) is 72.2 Å². The van der Waals surface area contributed by atoms with Gasteiger partial charge in [-0.25, -0.2) is 29.5 Å². The van der Waals surface area contributed by atoms with E-state index in [0.717, 1.165) is 59.8 Å². The highest BCUT2D eigenvalue weighted by Gasteiger charge is 2.34. The number of nitrogens with one attached hydrogen (secondary N) is 1. The van der Waals surface area contributed by atoms with Crippen molar-refractivity contribution < 1.29 is 115 Å². The molecule has 0 fully saturated rings. The number of aryl methyl sites for hydroxylation is 3. The van der Waals surface area contributed by atoms with Crippen molar-refractivity contribution in [2.45, 2.75) is 83.4 Å². The summed E-state index contributed by atoms with van der Waals surface area (Å²) < 4.78 is 177. The van der Waals surface area contributed by atoms with E-state index in [0.29, 0.717) is 74.9 Å². The number of benzene rings is 3. The van der Waals surface area contributed by atoms with E-state index in [1.54, 1.807) is 39.0 Å². The number of aromatic carboxylic acids is 1. The van der Waals surface area contributed by atoms with Crippen LogP contribution in [0.15, 0.2) is 170 Å². The predicted octanol–water partition coefficient (Wildman–Crippen LogP) is 13.6. The zero-order chi connectivity index (χ0) is 77.8. The standard InChI is InChI=1S/C20H18F3N3O4.C19H15F3N2O3.C17H12F3N3O3.C11H9F3N2O.C3H9NO2/c21-20(22,23)13-2-5-16(25-9-13)18-10-26-19(30-18)7-12-1-4-15(24-8-12)17(29)6-3-14(28)11-27;1-11-17(13-4-6-14(7-5-13)19(20,21)22)27-16(24-11)9-12-3-8-15(23-10-12)18(25)26-2;1-9-14(10-2-4-11(5-3-10)17(18,19)20)26-16(22-9)23-12-6-7-13(15(24)25)21-8-12;1-6-9(17-10(15)16-6)7-2-4-8(5-3-7)11(12,13)14;4-1-3(6)2-5/h1-2,4-5,8-10,14,27-28H,3,6-7,11H2;3-8,10H,9H2,1-2H3;2-8H,1H3,(H,22,23)(H,24,25);2-5H,1H3,(H2,15,16);3,5-6H,1-2,4H2/t14-;;;;3-/m1...1/s1. The van der Waals surface area contributed by atoms with Gasteiger partial charge in [0.25, 0.3) is 12.0 Å². The first-order valence-corrected chi connectivity index (χ1v) is 30.9. The molecule has 560 valence electrons. The number of esters is 1. The topological polar surface area (TPSA) is 381 Å². The molecule has 0 amide bonds. The number of aromatic nitrogens is 8. The number of pyridine rings is 4. The lowest BCUT2D eigenvalue weighted by Gasteiger charge is -2.06. The van der Waals surface area contributed by atoms with Gasteiger partial charge in [-0.15, -0.1) is 0 Å². The first kappa shape index (κ1) is 81.6. The maximum absolute atomic E-state index is 12.7. The molecule has 11 aromatic rings. The fourth-order valence-corrected chi connectivity index (χ4v) is 8.96. The lowest BCUT2D eigenvalue weighted by atomic mass is 10.1. The molecule has 0 aliphatic carbocycles. The van der Waals surface area contributed by atoms with E-state index < -0.39 is 77.7 Å². The second kappa shape index (κ2) is 36.1. The molecule has 0 unspecified atom stereocenters. The van der Waals surface area contributed by atoms with Crippen molar-refractivity contribution in [3.05, 3.63) is 232 Å². The first-order chi connectivity index (χ1) is 50.0. The number of alkyl halides is 12. The molecule has 2 atom stereocenters. The zero-order valence-corrected chi connectivity index (χ0v) is 55.8. The summed E-state index contributed by atoms with van der Waals surface area (Å²) in [5, 5.41) is 46.0. The number of hydrogen-bond donors (Lipinski definition) is 8. The number of ketones is 1. The third-order valence-corrected chi connectivity index (χ3v) is 14.4. The highest BCUT2D eigenvalue weighted by molar-refractivity contribution is 5.94. The van der Waals surface area contributed by atoms with Gasteiger partial charge in [0.05, 0.1) is 103 Å². The third-order valence-electron chi connectivity index (χ3n) is 14.4. The molecule has 8 heterocycles. The Labute approximate surface area is 592 Å². The fourth-order valence-electron chi connectivity index (χ4n) is 8.96. The van der Waals surface area contributed by atoms with Crippen LogP contribution in [0.2, 0.25) is 0 Å². The van der Waals surface area contributed by atoms with Gasteiger partial charge in [0.1, 0.15) is 22.8 Å². The maximum Gasteiger partial charge on any atom is 0.417 e. The first-order valence-electron chi connectivity index (χ1n) is 30.9. The number of carbonyl (C=O) groups excluding carboxylic acids is 2. The van der Waals surface area contributed by atoms with Crippen LogP contribution in [0.1, 0.15) is 107 Å². The van der Waals surface area contributed by atoms with Crippen LogP contribution in [0, 0.1) is 20.8 Å². The van der Waals surface area contributed by atoms with Crippen LogP contribution >= 0.6 is 0 Å². The van der Waals surface area contributed by atoms with Crippen molar-refractivity contribution in [3.63, 3.8) is 0 Å². The molecule has 0 saturated carbocycles. The number of nitrogens with zero attached hydrogens (tertiary/aromatic N) is 8. The number of anilines is 3. The molecule has 10 N–H and O–H groups in total. The number of nitrogens with two attached hydrogens (primary N) is 2. The molecule has 36 heteroatoms. The van der Waals surface area contributed by atoms with Gasteiger partial charge in [-0.05, 0) is 111 Å². The number of carboxylic acids is 1. The second-order valence-electron chi connectivity index (χ2n) is 22.4. The minimum atomic E-state index is -4.46. The smallest absolute Gasteiger partial charge is 0.417 e. The number of nitrogen functional groups attached to an aromatic ring is 1. The molecule has 11 rings (SSSR count). The summed E-state index contributed by atoms with van der Waals surface area (Å²) in [5.74, 6) is 0.159. The maximum atomic E-state index is 12.7. The summed E-state index contributed by atoms with van der Waals surface area (Å²) in [6.45, 7) is 4.55. The minimum absolute atomic E-state index is 0.00241. The number of aliphatic hydroxyl groups excluding tert-OH is 4. The third kappa shape index (κ3) is 23.7. The average Bonchev–Trinajstić information content (AvgIpc) is 1.65. The van der Waals surface area contributed by atoms with Gasteiger partial charge in [0.2, 0.25) is 0 Å². The van der Waals surface area contributed by atoms with Crippen LogP contribution in [-0.2, 0) is 42.3 Å². The van der Waals surface area contributed by atoms with E-state index in [2.05, 4.69) is 49.9 Å². The number of ether oxygens (including phenoxy) is 1. The Kier molecular flexibility index (Phi) is 27.8. The summed E-state index contributed by atoms with van der Waals surface area (Å²) in [4.78, 5) is 66.2. The van der Waals surface area contributed by atoms with Gasteiger partial charge < -0.3 is 64.7 Å². The molecule has 24 nitrogen and oxygen atoms in total. The summed E-state index contributed by atoms with van der Waals surface area (Å²) >= 11 is 0. The van der Waals surface area contributed by atoms with Crippen LogP contribution < -0.4 is 16.8 Å². The number of rotatable bonds is 19. The van der Waals surface area contributed by atoms with Gasteiger partial charge in [-0.3, -0.25) is 14.8 Å². The highest BCUT2D eigenvalue weighted by atomic mass is 19.4. The Balaban J connectivity index is 0.000000195. The van der Waals surface area contributed by atoms with Crippen LogP contribution in [0.3, 0.4) is 0 Å². The number of carbonyl (C=O) groups is 3. The molecule has 8 aromatic heterocycles. The Bertz CT molecular complexity index is 4640. The fraction of sp³-hybridized carbons (Fsp3) is 0.243. The number of halogens is 12. The van der Waals surface area contributed by atoms with Crippen molar-refractivity contribution in [3.8, 4) is 45.4 Å². The Morgan fingerprint density at radius 1 is 0.500 bits per heavy atom. The van der Waals surface area contributed by atoms with E-state index in [1.807, 2.05) is 0 Å². The van der Waals surface area contributed by atoms with Crippen molar-refractivity contribution in [2.75, 3.05) is 37.9 Å². The van der Waals surface area contributed by atoms with Crippen molar-refractivity contribution >= 4 is 35.4 Å². The number of oxazole rings is 4. The van der Waals surface area contributed by atoms with Crippen LogP contribution in [-0.4, -0.2) is 122 Å². The normalized spacial score (nSPS) is 12.0. The molecule has 0 bridgehead atoms. The highest BCUT2D eigenvalue weighted by Crippen LogP contribution is 2.37. The van der Waals surface area contributed by atoms with Crippen LogP contribution in [0.25, 0.3) is 45.4 Å². The van der Waals surface area contributed by atoms with E-state index in [-0.39, 0.29) is 78.8 Å². The van der Waals surface area contributed by atoms with Gasteiger partial charge in [-0.1, -0.05) is 48.5 Å². The number of Topliss-reactive ketones (excluding diaryl/α,β-unsaturated/α-hetero) is 1. The number of hydrogen-bond acceptors (Lipinski definition) is 23. The summed E-state index contributed by atoms with van der Waals surface area (Å²) in [6.07, 6.45) is -12.0. The molecule has 3 aromatic carbocycles. The van der Waals surface area contributed by atoms with Gasteiger partial charge in [0, 0.05) is 48.2 Å². The quantitative estimate of drug-likeness (QED) is 0.0212. The molecule has 0 radical (unpaired) electrons. The lowest BCUT2D eigenvalue weighted by molar-refractivity contribution is -0.138. The Hall–Kier alpha value is -11.7. The number of aliphatic hydroxyl groups is 4. The van der Waals surface area contributed by atoms with Gasteiger partial charge >= 0.3 is 36.6 Å². The monoisotopic (exact) mass is 1490 g/mol. The van der Waals surface area contributed by atoms with Crippen molar-refractivity contribution in [1.82, 2.24) is 39.9 Å². The molecule has 0 aliphatic heterocycles. The molecular formula is C70H63F12N11O13. The van der Waals surface area contributed by atoms with Crippen LogP contribution in [0.5, 0.6) is 0 Å². The number of carboxylic acid groups (broad SMARTS) is 1. The van der Waals surface area contributed by atoms with E-state index >= 15 is 0 Å². The predicted molar refractivity (Wildman–Crippen MR) is 353 cm³/mol. The van der Waals surface area contributed by atoms with Gasteiger partial charge in [0.15, 0.2) is 40.6 Å². The van der Waals surface area contributed by atoms with Crippen molar-refractivity contribution in [1.29, 1.82) is 0 Å². The second-order valence-corrected chi connectivity index (χ2v) is 22.4. The largest absolute Gasteiger partial charge is 0.477 e. The molecule has 0 spiro atoms. The van der Waals surface area contributed by atoms with E-state index in [1.165, 1.54) is 92.6 Å².